The van der Waals surface area contributed by atoms with Crippen LogP contribution in [0, 0.1) is 6.92 Å². The standard InChI is InChI=1S/C14H18N2O4S/c1-10-14(8-11(9-17)20-10)21(18,19)15-12-6-4-5-7-13(12)16(2)3/h4-8,15,17H,9H2,1-3H3. The number of anilines is 2. The molecule has 21 heavy (non-hydrogen) atoms. The summed E-state index contributed by atoms with van der Waals surface area (Å²) in [7, 11) is -0.104. The molecule has 6 nitrogen and oxygen atoms in total. The van der Waals surface area contributed by atoms with Crippen LogP contribution in [-0.4, -0.2) is 27.6 Å². The van der Waals surface area contributed by atoms with Gasteiger partial charge >= 0.3 is 0 Å². The Morgan fingerprint density at radius 2 is 1.95 bits per heavy atom. The molecule has 0 fully saturated rings. The van der Waals surface area contributed by atoms with Crippen molar-refractivity contribution in [3.63, 3.8) is 0 Å². The van der Waals surface area contributed by atoms with Gasteiger partial charge in [-0.05, 0) is 19.1 Å². The largest absolute Gasteiger partial charge is 0.462 e. The van der Waals surface area contributed by atoms with Gasteiger partial charge in [-0.2, -0.15) is 0 Å². The van der Waals surface area contributed by atoms with Gasteiger partial charge in [0.25, 0.3) is 10.0 Å². The quantitative estimate of drug-likeness (QED) is 0.882. The van der Waals surface area contributed by atoms with E-state index >= 15 is 0 Å². The zero-order valence-corrected chi connectivity index (χ0v) is 12.9. The Labute approximate surface area is 124 Å². The van der Waals surface area contributed by atoms with Crippen LogP contribution in [0.4, 0.5) is 11.4 Å². The summed E-state index contributed by atoms with van der Waals surface area (Å²) in [6.07, 6.45) is 0. The van der Waals surface area contributed by atoms with E-state index in [4.69, 9.17) is 9.52 Å². The van der Waals surface area contributed by atoms with Gasteiger partial charge in [0.1, 0.15) is 23.0 Å². The fraction of sp³-hybridized carbons (Fsp3) is 0.286. The van der Waals surface area contributed by atoms with E-state index in [1.54, 1.807) is 19.1 Å². The number of benzene rings is 1. The summed E-state index contributed by atoms with van der Waals surface area (Å²) in [5.74, 6) is 0.461. The lowest BCUT2D eigenvalue weighted by molar-refractivity contribution is 0.245. The van der Waals surface area contributed by atoms with Crippen LogP contribution in [0.3, 0.4) is 0 Å². The molecule has 2 aromatic rings. The summed E-state index contributed by atoms with van der Waals surface area (Å²) in [6.45, 7) is 1.20. The van der Waals surface area contributed by atoms with E-state index < -0.39 is 10.0 Å². The lowest BCUT2D eigenvalue weighted by atomic mass is 10.2. The third kappa shape index (κ3) is 3.20. The molecule has 1 aromatic carbocycles. The van der Waals surface area contributed by atoms with Gasteiger partial charge in [-0.25, -0.2) is 8.42 Å². The number of rotatable bonds is 5. The predicted octanol–water partition coefficient (Wildman–Crippen LogP) is 1.95. The highest BCUT2D eigenvalue weighted by Gasteiger charge is 2.22. The van der Waals surface area contributed by atoms with Crippen LogP contribution in [0.15, 0.2) is 39.6 Å². The first kappa shape index (κ1) is 15.4. The van der Waals surface area contributed by atoms with Crippen molar-refractivity contribution in [3.8, 4) is 0 Å². The molecule has 7 heteroatoms. The summed E-state index contributed by atoms with van der Waals surface area (Å²) in [5.41, 5.74) is 1.23. The number of hydrogen-bond donors (Lipinski definition) is 2. The summed E-state index contributed by atoms with van der Waals surface area (Å²) in [6, 6.07) is 8.43. The Balaban J connectivity index is 2.40. The maximum Gasteiger partial charge on any atom is 0.265 e. The minimum Gasteiger partial charge on any atom is -0.462 e. The van der Waals surface area contributed by atoms with Gasteiger partial charge in [-0.1, -0.05) is 12.1 Å². The number of sulfonamides is 1. The summed E-state index contributed by atoms with van der Waals surface area (Å²) >= 11 is 0. The number of para-hydroxylation sites is 2. The average molecular weight is 310 g/mol. The Bertz CT molecular complexity index is 735. The summed E-state index contributed by atoms with van der Waals surface area (Å²) < 4.78 is 32.6. The first-order valence-electron chi connectivity index (χ1n) is 6.34. The number of nitrogens with one attached hydrogen (secondary N) is 1. The van der Waals surface area contributed by atoms with Gasteiger partial charge < -0.3 is 14.4 Å². The third-order valence-corrected chi connectivity index (χ3v) is 4.47. The van der Waals surface area contributed by atoms with Crippen molar-refractivity contribution in [1.82, 2.24) is 0 Å². The second-order valence-corrected chi connectivity index (χ2v) is 6.46. The van der Waals surface area contributed by atoms with Crippen LogP contribution in [0.5, 0.6) is 0 Å². The van der Waals surface area contributed by atoms with E-state index in [0.717, 1.165) is 5.69 Å². The second kappa shape index (κ2) is 5.79. The zero-order chi connectivity index (χ0) is 15.6. The molecule has 114 valence electrons. The first-order valence-corrected chi connectivity index (χ1v) is 7.83. The van der Waals surface area contributed by atoms with Crippen molar-refractivity contribution in [3.05, 3.63) is 41.9 Å². The van der Waals surface area contributed by atoms with Crippen LogP contribution in [-0.2, 0) is 16.6 Å². The van der Waals surface area contributed by atoms with Gasteiger partial charge in [0.05, 0.1) is 11.4 Å². The predicted molar refractivity (Wildman–Crippen MR) is 80.9 cm³/mol. The number of aryl methyl sites for hydroxylation is 1. The highest BCUT2D eigenvalue weighted by molar-refractivity contribution is 7.92. The van der Waals surface area contributed by atoms with E-state index in [0.29, 0.717) is 5.69 Å². The highest BCUT2D eigenvalue weighted by atomic mass is 32.2. The smallest absolute Gasteiger partial charge is 0.265 e. The molecule has 0 aliphatic rings. The maximum absolute atomic E-state index is 12.5. The van der Waals surface area contributed by atoms with Crippen molar-refractivity contribution in [1.29, 1.82) is 0 Å². The third-order valence-electron chi connectivity index (χ3n) is 3.00. The molecule has 2 N–H and O–H groups in total. The molecule has 0 bridgehead atoms. The van der Waals surface area contributed by atoms with E-state index in [1.165, 1.54) is 6.07 Å². The molecule has 0 unspecified atom stereocenters. The molecule has 0 atom stereocenters. The molecule has 0 saturated heterocycles. The van der Waals surface area contributed by atoms with Gasteiger partial charge in [0.15, 0.2) is 0 Å². The van der Waals surface area contributed by atoms with Crippen LogP contribution in [0.1, 0.15) is 11.5 Å². The van der Waals surface area contributed by atoms with Gasteiger partial charge in [-0.15, -0.1) is 0 Å². The van der Waals surface area contributed by atoms with Crippen LogP contribution < -0.4 is 9.62 Å². The topological polar surface area (TPSA) is 82.8 Å². The normalized spacial score (nSPS) is 11.4. The van der Waals surface area contributed by atoms with E-state index in [-0.39, 0.29) is 23.0 Å². The molecule has 0 aliphatic heterocycles. The van der Waals surface area contributed by atoms with Crippen LogP contribution in [0.2, 0.25) is 0 Å². The number of aliphatic hydroxyl groups excluding tert-OH is 1. The summed E-state index contributed by atoms with van der Waals surface area (Å²) in [4.78, 5) is 1.85. The second-order valence-electron chi connectivity index (χ2n) is 4.81. The molecule has 1 heterocycles. The van der Waals surface area contributed by atoms with Crippen molar-refractivity contribution >= 4 is 21.4 Å². The molecule has 2 rings (SSSR count). The Hall–Kier alpha value is -1.99. The molecule has 1 aromatic heterocycles. The summed E-state index contributed by atoms with van der Waals surface area (Å²) in [5, 5.41) is 9.03. The van der Waals surface area contributed by atoms with Crippen molar-refractivity contribution < 1.29 is 17.9 Å². The lowest BCUT2D eigenvalue weighted by Gasteiger charge is -2.18. The van der Waals surface area contributed by atoms with Gasteiger partial charge in [-0.3, -0.25) is 4.72 Å². The highest BCUT2D eigenvalue weighted by Crippen LogP contribution is 2.28. The minimum atomic E-state index is -3.77. The Kier molecular flexibility index (Phi) is 4.24. The van der Waals surface area contributed by atoms with Crippen LogP contribution in [0.25, 0.3) is 0 Å². The monoisotopic (exact) mass is 310 g/mol. The maximum atomic E-state index is 12.5. The van der Waals surface area contributed by atoms with Crippen molar-refractivity contribution in [2.45, 2.75) is 18.4 Å². The lowest BCUT2D eigenvalue weighted by Crippen LogP contribution is -2.17. The zero-order valence-electron chi connectivity index (χ0n) is 12.1. The van der Waals surface area contributed by atoms with Crippen molar-refractivity contribution in [2.75, 3.05) is 23.7 Å². The van der Waals surface area contributed by atoms with Gasteiger partial charge in [0.2, 0.25) is 0 Å². The SMILES string of the molecule is Cc1oc(CO)cc1S(=O)(=O)Nc1ccccc1N(C)C. The molecule has 0 amide bonds. The Morgan fingerprint density at radius 1 is 1.29 bits per heavy atom. The average Bonchev–Trinajstić information content (AvgIpc) is 2.81. The molecule has 0 aliphatic carbocycles. The fourth-order valence-corrected chi connectivity index (χ4v) is 3.30. The van der Waals surface area contributed by atoms with E-state index in [1.807, 2.05) is 31.1 Å². The van der Waals surface area contributed by atoms with E-state index in [2.05, 4.69) is 4.72 Å². The number of furan rings is 1. The Morgan fingerprint density at radius 3 is 2.52 bits per heavy atom. The van der Waals surface area contributed by atoms with E-state index in [9.17, 15) is 8.42 Å². The fourth-order valence-electron chi connectivity index (χ4n) is 2.02. The molecular weight excluding hydrogens is 292 g/mol. The molecule has 0 radical (unpaired) electrons. The molecule has 0 saturated carbocycles. The number of hydrogen-bond acceptors (Lipinski definition) is 5. The van der Waals surface area contributed by atoms with Crippen molar-refractivity contribution in [2.24, 2.45) is 0 Å². The number of nitrogens with zero attached hydrogens (tertiary/aromatic N) is 1. The van der Waals surface area contributed by atoms with Crippen LogP contribution >= 0.6 is 0 Å². The first-order chi connectivity index (χ1) is 9.85. The minimum absolute atomic E-state index is 0.0279. The molecule has 0 spiro atoms. The van der Waals surface area contributed by atoms with Gasteiger partial charge in [0, 0.05) is 20.2 Å². The molecular formula is C14H18N2O4S. The number of aliphatic hydroxyl groups is 1.